The van der Waals surface area contributed by atoms with E-state index >= 15 is 0 Å². The van der Waals surface area contributed by atoms with E-state index in [9.17, 15) is 0 Å². The van der Waals surface area contributed by atoms with Crippen molar-refractivity contribution in [3.63, 3.8) is 0 Å². The predicted octanol–water partition coefficient (Wildman–Crippen LogP) is 2.54. The highest BCUT2D eigenvalue weighted by atomic mass is 15.2. The van der Waals surface area contributed by atoms with Crippen molar-refractivity contribution < 1.29 is 0 Å². The molecular formula is C11H24BN. The first kappa shape index (κ1) is 11.1. The van der Waals surface area contributed by atoms with Crippen LogP contribution in [-0.2, 0) is 0 Å². The van der Waals surface area contributed by atoms with E-state index in [4.69, 9.17) is 0 Å². The number of nitrogens with zero attached hydrogens (tertiary/aromatic N) is 1. The predicted molar refractivity (Wildman–Crippen MR) is 61.9 cm³/mol. The monoisotopic (exact) mass is 181 g/mol. The fourth-order valence-electron chi connectivity index (χ4n) is 2.87. The van der Waals surface area contributed by atoms with Gasteiger partial charge in [-0.05, 0) is 47.6 Å². The second kappa shape index (κ2) is 3.31. The molecule has 0 radical (unpaired) electrons. The molecule has 0 saturated carbocycles. The lowest BCUT2D eigenvalue weighted by molar-refractivity contribution is -0.00179. The summed E-state index contributed by atoms with van der Waals surface area (Å²) in [6, 6.07) is 0. The minimum atomic E-state index is 0.377. The zero-order valence-corrected chi connectivity index (χ0v) is 10.1. The number of piperidine rings is 1. The van der Waals surface area contributed by atoms with Crippen LogP contribution in [0.15, 0.2) is 0 Å². The highest BCUT2D eigenvalue weighted by molar-refractivity contribution is 6.35. The fraction of sp³-hybridized carbons (Fsp3) is 1.00. The molecule has 0 aromatic heterocycles. The summed E-state index contributed by atoms with van der Waals surface area (Å²) in [5, 5.41) is 0. The van der Waals surface area contributed by atoms with Crippen LogP contribution >= 0.6 is 0 Å². The van der Waals surface area contributed by atoms with Crippen LogP contribution in [0.4, 0.5) is 0 Å². The van der Waals surface area contributed by atoms with E-state index in [0.717, 1.165) is 5.82 Å². The molecule has 13 heavy (non-hydrogen) atoms. The van der Waals surface area contributed by atoms with Crippen molar-refractivity contribution in [3.8, 4) is 0 Å². The van der Waals surface area contributed by atoms with Gasteiger partial charge in [0.2, 0.25) is 0 Å². The van der Waals surface area contributed by atoms with E-state index in [1.807, 2.05) is 0 Å². The van der Waals surface area contributed by atoms with Crippen LogP contribution in [0, 0.1) is 0 Å². The van der Waals surface area contributed by atoms with Gasteiger partial charge in [0.05, 0.1) is 0 Å². The minimum absolute atomic E-state index is 0.377. The molecule has 0 N–H and O–H groups in total. The molecule has 76 valence electrons. The van der Waals surface area contributed by atoms with Crippen molar-refractivity contribution in [3.05, 3.63) is 0 Å². The highest BCUT2D eigenvalue weighted by Gasteiger charge is 2.42. The summed E-state index contributed by atoms with van der Waals surface area (Å²) in [6.45, 7) is 11.8. The Morgan fingerprint density at radius 3 is 1.77 bits per heavy atom. The quantitative estimate of drug-likeness (QED) is 0.562. The van der Waals surface area contributed by atoms with Gasteiger partial charge in [0.25, 0.3) is 0 Å². The molecule has 1 rings (SSSR count). The number of hydrogen-bond acceptors (Lipinski definition) is 1. The minimum Gasteiger partial charge on any atom is -0.296 e. The van der Waals surface area contributed by atoms with Crippen LogP contribution in [0.3, 0.4) is 0 Å². The van der Waals surface area contributed by atoms with Gasteiger partial charge in [-0.1, -0.05) is 12.6 Å². The van der Waals surface area contributed by atoms with Crippen molar-refractivity contribution in [2.75, 3.05) is 7.05 Å². The Morgan fingerprint density at radius 1 is 1.08 bits per heavy atom. The van der Waals surface area contributed by atoms with Gasteiger partial charge in [-0.25, -0.2) is 0 Å². The average Bonchev–Trinajstić information content (AvgIpc) is 1.99. The number of hydrogen-bond donors (Lipinski definition) is 0. The van der Waals surface area contributed by atoms with Crippen LogP contribution in [0.2, 0.25) is 12.6 Å². The van der Waals surface area contributed by atoms with Gasteiger partial charge in [-0.15, -0.1) is 0 Å². The first-order valence-electron chi connectivity index (χ1n) is 5.53. The Morgan fingerprint density at radius 2 is 1.46 bits per heavy atom. The molecule has 0 aliphatic carbocycles. The lowest BCUT2D eigenvalue weighted by atomic mass is 9.56. The van der Waals surface area contributed by atoms with Crippen molar-refractivity contribution in [1.29, 1.82) is 0 Å². The van der Waals surface area contributed by atoms with E-state index in [-0.39, 0.29) is 0 Å². The molecule has 1 nitrogen and oxygen atoms in total. The van der Waals surface area contributed by atoms with Crippen molar-refractivity contribution >= 4 is 7.28 Å². The maximum atomic E-state index is 2.55. The van der Waals surface area contributed by atoms with Crippen LogP contribution in [0.5, 0.6) is 0 Å². The molecule has 0 unspecified atom stereocenters. The summed E-state index contributed by atoms with van der Waals surface area (Å²) >= 11 is 0. The molecule has 1 aliphatic heterocycles. The van der Waals surface area contributed by atoms with Gasteiger partial charge in [0, 0.05) is 11.1 Å². The van der Waals surface area contributed by atoms with E-state index in [2.05, 4.69) is 46.5 Å². The van der Waals surface area contributed by atoms with Gasteiger partial charge in [-0.2, -0.15) is 0 Å². The van der Waals surface area contributed by atoms with Crippen molar-refractivity contribution in [1.82, 2.24) is 4.90 Å². The molecule has 0 bridgehead atoms. The molecular weight excluding hydrogens is 157 g/mol. The largest absolute Gasteiger partial charge is 0.296 e. The standard InChI is InChI=1S/C11H24BN/c1-10(2)7-9(12-5)8-11(3,4)13(10)6/h9,12H,7-8H2,1-6H3. The first-order valence-corrected chi connectivity index (χ1v) is 5.53. The first-order chi connectivity index (χ1) is 5.79. The summed E-state index contributed by atoms with van der Waals surface area (Å²) in [7, 11) is 3.60. The molecule has 2 heteroatoms. The second-order valence-corrected chi connectivity index (χ2v) is 5.87. The Hall–Kier alpha value is 0.0249. The highest BCUT2D eigenvalue weighted by Crippen LogP contribution is 2.42. The van der Waals surface area contributed by atoms with Gasteiger partial charge in [0.1, 0.15) is 7.28 Å². The Bertz CT molecular complexity index is 169. The fourth-order valence-corrected chi connectivity index (χ4v) is 2.87. The Balaban J connectivity index is 2.82. The maximum absolute atomic E-state index is 2.55. The third-order valence-electron chi connectivity index (χ3n) is 3.97. The Labute approximate surface area is 84.1 Å². The second-order valence-electron chi connectivity index (χ2n) is 5.87. The smallest absolute Gasteiger partial charge is 0.121 e. The molecule has 0 amide bonds. The average molecular weight is 181 g/mol. The molecule has 0 aromatic rings. The SMILES string of the molecule is CBC1CC(C)(C)N(C)C(C)(C)C1. The third kappa shape index (κ3) is 2.09. The lowest BCUT2D eigenvalue weighted by Gasteiger charge is -2.53. The van der Waals surface area contributed by atoms with Crippen LogP contribution in [-0.4, -0.2) is 30.3 Å². The van der Waals surface area contributed by atoms with Crippen LogP contribution < -0.4 is 0 Å². The molecule has 0 spiro atoms. The number of rotatable bonds is 1. The molecule has 1 fully saturated rings. The molecule has 1 aliphatic rings. The summed E-state index contributed by atoms with van der Waals surface area (Å²) in [4.78, 5) is 2.55. The van der Waals surface area contributed by atoms with Gasteiger partial charge in [-0.3, -0.25) is 4.90 Å². The van der Waals surface area contributed by atoms with Crippen molar-refractivity contribution in [2.24, 2.45) is 0 Å². The molecule has 1 heterocycles. The summed E-state index contributed by atoms with van der Waals surface area (Å²) in [5.74, 6) is 0.918. The number of likely N-dealkylation sites (tertiary alicyclic amines) is 1. The molecule has 0 aromatic carbocycles. The lowest BCUT2D eigenvalue weighted by Crippen LogP contribution is -2.57. The van der Waals surface area contributed by atoms with Crippen LogP contribution in [0.25, 0.3) is 0 Å². The van der Waals surface area contributed by atoms with Gasteiger partial charge < -0.3 is 0 Å². The summed E-state index contributed by atoms with van der Waals surface area (Å²) < 4.78 is 0. The van der Waals surface area contributed by atoms with E-state index in [1.54, 1.807) is 0 Å². The topological polar surface area (TPSA) is 3.24 Å². The Kier molecular flexibility index (Phi) is 2.82. The molecule has 0 atom stereocenters. The maximum Gasteiger partial charge on any atom is 0.121 e. The zero-order chi connectivity index (χ0) is 10.3. The van der Waals surface area contributed by atoms with Gasteiger partial charge in [0.15, 0.2) is 0 Å². The normalized spacial score (nSPS) is 28.8. The van der Waals surface area contributed by atoms with Crippen LogP contribution in [0.1, 0.15) is 40.5 Å². The van der Waals surface area contributed by atoms with Crippen molar-refractivity contribution in [2.45, 2.75) is 64.3 Å². The third-order valence-corrected chi connectivity index (χ3v) is 3.97. The summed E-state index contributed by atoms with van der Waals surface area (Å²) in [6.07, 6.45) is 2.70. The zero-order valence-electron chi connectivity index (χ0n) is 10.1. The molecule has 1 saturated heterocycles. The van der Waals surface area contributed by atoms with Gasteiger partial charge >= 0.3 is 0 Å². The van der Waals surface area contributed by atoms with E-state index in [1.165, 1.54) is 20.1 Å². The van der Waals surface area contributed by atoms with E-state index in [0.29, 0.717) is 11.1 Å². The van der Waals surface area contributed by atoms with E-state index < -0.39 is 0 Å². The summed E-state index contributed by atoms with van der Waals surface area (Å²) in [5.41, 5.74) is 0.755.